The fourth-order valence-electron chi connectivity index (χ4n) is 3.53. The van der Waals surface area contributed by atoms with Crippen LogP contribution in [-0.2, 0) is 11.8 Å². The molecule has 0 saturated carbocycles. The number of carbonyl (C=O) groups excluding carboxylic acids is 1. The SMILES string of the molecule is CNc1c(C(C)=N)ncnc1-c1cc(C#Cc2cnc3c(cnn3C)c2)nc(NC(=O)C(C)NC)c1. The Kier molecular flexibility index (Phi) is 6.98. The second kappa shape index (κ2) is 10.3. The number of aromatic nitrogens is 6. The molecule has 0 fully saturated rings. The van der Waals surface area contributed by atoms with Crippen LogP contribution in [0.25, 0.3) is 22.3 Å². The van der Waals surface area contributed by atoms with E-state index in [-0.39, 0.29) is 5.91 Å². The number of pyridine rings is 2. The highest BCUT2D eigenvalue weighted by molar-refractivity contribution is 6.02. The van der Waals surface area contributed by atoms with Crippen LogP contribution >= 0.6 is 0 Å². The quantitative estimate of drug-likeness (QED) is 0.242. The van der Waals surface area contributed by atoms with Crippen molar-refractivity contribution in [1.29, 1.82) is 5.41 Å². The number of aryl methyl sites for hydroxylation is 1. The van der Waals surface area contributed by atoms with Crippen molar-refractivity contribution >= 4 is 34.2 Å². The molecular weight excluding hydrogens is 456 g/mol. The van der Waals surface area contributed by atoms with Gasteiger partial charge >= 0.3 is 0 Å². The number of anilines is 2. The number of hydrogen-bond acceptors (Lipinski definition) is 9. The second-order valence-corrected chi connectivity index (χ2v) is 8.10. The normalized spacial score (nSPS) is 11.5. The molecule has 0 saturated heterocycles. The third-order valence-corrected chi connectivity index (χ3v) is 5.54. The Morgan fingerprint density at radius 2 is 1.92 bits per heavy atom. The molecular formula is C25H26N10O. The van der Waals surface area contributed by atoms with Crippen molar-refractivity contribution in [3.8, 4) is 23.1 Å². The Labute approximate surface area is 208 Å². The average molecular weight is 483 g/mol. The van der Waals surface area contributed by atoms with Crippen molar-refractivity contribution in [2.24, 2.45) is 7.05 Å². The molecule has 1 amide bonds. The van der Waals surface area contributed by atoms with Crippen molar-refractivity contribution in [2.45, 2.75) is 19.9 Å². The first-order valence-electron chi connectivity index (χ1n) is 11.2. The van der Waals surface area contributed by atoms with E-state index < -0.39 is 6.04 Å². The van der Waals surface area contributed by atoms with Gasteiger partial charge in [-0.2, -0.15) is 5.10 Å². The van der Waals surface area contributed by atoms with Crippen LogP contribution in [0.2, 0.25) is 0 Å². The second-order valence-electron chi connectivity index (χ2n) is 8.10. The Morgan fingerprint density at radius 1 is 1.11 bits per heavy atom. The van der Waals surface area contributed by atoms with Crippen LogP contribution in [0, 0.1) is 17.3 Å². The summed E-state index contributed by atoms with van der Waals surface area (Å²) in [6.45, 7) is 3.42. The van der Waals surface area contributed by atoms with E-state index in [0.29, 0.717) is 45.4 Å². The lowest BCUT2D eigenvalue weighted by Crippen LogP contribution is -2.35. The highest BCUT2D eigenvalue weighted by atomic mass is 16.2. The van der Waals surface area contributed by atoms with E-state index in [1.165, 1.54) is 6.33 Å². The molecule has 0 aliphatic rings. The number of hydrogen-bond donors (Lipinski definition) is 4. The molecule has 182 valence electrons. The van der Waals surface area contributed by atoms with Crippen molar-refractivity contribution < 1.29 is 4.79 Å². The summed E-state index contributed by atoms with van der Waals surface area (Å²) >= 11 is 0. The molecule has 4 heterocycles. The predicted octanol–water partition coefficient (Wildman–Crippen LogP) is 2.20. The summed E-state index contributed by atoms with van der Waals surface area (Å²) in [5.41, 5.74) is 4.51. The predicted molar refractivity (Wildman–Crippen MR) is 139 cm³/mol. The molecule has 11 heteroatoms. The highest BCUT2D eigenvalue weighted by Crippen LogP contribution is 2.29. The van der Waals surface area contributed by atoms with Gasteiger partial charge in [-0.15, -0.1) is 0 Å². The summed E-state index contributed by atoms with van der Waals surface area (Å²) in [4.78, 5) is 30.2. The maximum Gasteiger partial charge on any atom is 0.242 e. The first kappa shape index (κ1) is 24.4. The number of amides is 1. The lowest BCUT2D eigenvalue weighted by Gasteiger charge is -2.14. The zero-order valence-corrected chi connectivity index (χ0v) is 20.6. The summed E-state index contributed by atoms with van der Waals surface area (Å²) in [6.07, 6.45) is 4.83. The molecule has 4 aromatic heterocycles. The zero-order valence-electron chi connectivity index (χ0n) is 20.6. The molecule has 4 rings (SSSR count). The lowest BCUT2D eigenvalue weighted by atomic mass is 10.1. The highest BCUT2D eigenvalue weighted by Gasteiger charge is 2.17. The number of rotatable bonds is 6. The van der Waals surface area contributed by atoms with Gasteiger partial charge in [-0.05, 0) is 45.0 Å². The Morgan fingerprint density at radius 3 is 2.64 bits per heavy atom. The van der Waals surface area contributed by atoms with E-state index in [0.717, 1.165) is 11.0 Å². The summed E-state index contributed by atoms with van der Waals surface area (Å²) in [5.74, 6) is 6.26. The van der Waals surface area contributed by atoms with Crippen LogP contribution in [0.15, 0.2) is 36.9 Å². The van der Waals surface area contributed by atoms with Crippen LogP contribution in [0.1, 0.15) is 30.8 Å². The van der Waals surface area contributed by atoms with Gasteiger partial charge in [0.25, 0.3) is 0 Å². The van der Waals surface area contributed by atoms with Gasteiger partial charge in [0, 0.05) is 36.8 Å². The summed E-state index contributed by atoms with van der Waals surface area (Å²) in [6, 6.07) is 5.00. The van der Waals surface area contributed by atoms with Crippen LogP contribution in [0.4, 0.5) is 11.5 Å². The van der Waals surface area contributed by atoms with Gasteiger partial charge in [0.1, 0.15) is 23.5 Å². The molecule has 0 aliphatic carbocycles. The fraction of sp³-hybridized carbons (Fsp3) is 0.240. The van der Waals surface area contributed by atoms with Gasteiger partial charge in [0.2, 0.25) is 5.91 Å². The van der Waals surface area contributed by atoms with Crippen molar-refractivity contribution in [1.82, 2.24) is 35.0 Å². The van der Waals surface area contributed by atoms with E-state index in [9.17, 15) is 4.79 Å². The minimum absolute atomic E-state index is 0.236. The van der Waals surface area contributed by atoms with E-state index in [4.69, 9.17) is 5.41 Å². The number of fused-ring (bicyclic) bond motifs is 1. The van der Waals surface area contributed by atoms with Crippen LogP contribution in [-0.4, -0.2) is 61.5 Å². The van der Waals surface area contributed by atoms with Gasteiger partial charge in [0.05, 0.1) is 29.3 Å². The molecule has 4 N–H and O–H groups in total. The molecule has 0 spiro atoms. The van der Waals surface area contributed by atoms with Crippen LogP contribution < -0.4 is 16.0 Å². The molecule has 36 heavy (non-hydrogen) atoms. The molecule has 11 nitrogen and oxygen atoms in total. The van der Waals surface area contributed by atoms with E-state index in [1.54, 1.807) is 57.2 Å². The number of likely N-dealkylation sites (N-methyl/N-ethyl adjacent to an activating group) is 1. The molecule has 4 aromatic rings. The minimum atomic E-state index is -0.415. The molecule has 0 aromatic carbocycles. The van der Waals surface area contributed by atoms with E-state index in [2.05, 4.69) is 52.8 Å². The number of nitrogens with one attached hydrogen (secondary N) is 4. The molecule has 1 unspecified atom stereocenters. The largest absolute Gasteiger partial charge is 0.385 e. The standard InChI is InChI=1S/C25H26N10O/c1-14(26)21-23(28-4)22(31-13-30-21)17-9-19(33-20(10-17)34-25(36)15(2)27-3)7-6-16-8-18-12-32-35(5)24(18)29-11-16/h8-13,15,26-28H,1-5H3,(H,33,34,36). The monoisotopic (exact) mass is 482 g/mol. The summed E-state index contributed by atoms with van der Waals surface area (Å²) < 4.78 is 1.70. The van der Waals surface area contributed by atoms with Gasteiger partial charge in [-0.1, -0.05) is 5.92 Å². The molecule has 1 atom stereocenters. The number of nitrogens with zero attached hydrogens (tertiary/aromatic N) is 6. The van der Waals surface area contributed by atoms with Crippen molar-refractivity contribution in [2.75, 3.05) is 24.7 Å². The maximum atomic E-state index is 12.5. The van der Waals surface area contributed by atoms with E-state index >= 15 is 0 Å². The summed E-state index contributed by atoms with van der Waals surface area (Å²) in [5, 5.41) is 22.0. The number of carbonyl (C=O) groups is 1. The Bertz CT molecular complexity index is 1530. The third kappa shape index (κ3) is 5.03. The van der Waals surface area contributed by atoms with Crippen LogP contribution in [0.3, 0.4) is 0 Å². The first-order valence-corrected chi connectivity index (χ1v) is 11.2. The van der Waals surface area contributed by atoms with Gasteiger partial charge in [-0.25, -0.2) is 19.9 Å². The van der Waals surface area contributed by atoms with Crippen molar-refractivity contribution in [3.05, 3.63) is 53.9 Å². The molecule has 0 bridgehead atoms. The van der Waals surface area contributed by atoms with Gasteiger partial charge in [0.15, 0.2) is 5.65 Å². The Balaban J connectivity index is 1.81. The smallest absolute Gasteiger partial charge is 0.242 e. The topological polar surface area (TPSA) is 146 Å². The van der Waals surface area contributed by atoms with Crippen molar-refractivity contribution in [3.63, 3.8) is 0 Å². The minimum Gasteiger partial charge on any atom is -0.385 e. The maximum absolute atomic E-state index is 12.5. The van der Waals surface area contributed by atoms with Gasteiger partial charge in [-0.3, -0.25) is 9.48 Å². The molecule has 0 aliphatic heterocycles. The lowest BCUT2D eigenvalue weighted by molar-refractivity contribution is -0.117. The third-order valence-electron chi connectivity index (χ3n) is 5.54. The molecule has 0 radical (unpaired) electrons. The fourth-order valence-corrected chi connectivity index (χ4v) is 3.53. The van der Waals surface area contributed by atoms with Gasteiger partial charge < -0.3 is 21.4 Å². The van der Waals surface area contributed by atoms with E-state index in [1.807, 2.05) is 13.1 Å². The first-order chi connectivity index (χ1) is 17.3. The average Bonchev–Trinajstić information content (AvgIpc) is 3.25. The summed E-state index contributed by atoms with van der Waals surface area (Å²) in [7, 11) is 5.29. The Hall–Kier alpha value is -4.69. The van der Waals surface area contributed by atoms with Crippen LogP contribution in [0.5, 0.6) is 0 Å². The zero-order chi connectivity index (χ0) is 25.8.